The van der Waals surface area contributed by atoms with E-state index in [1.165, 1.54) is 5.52 Å². The van der Waals surface area contributed by atoms with Gasteiger partial charge in [0.05, 0.1) is 22.7 Å². The van der Waals surface area contributed by atoms with E-state index >= 15 is 0 Å². The van der Waals surface area contributed by atoms with Crippen LogP contribution in [-0.4, -0.2) is 14.5 Å². The van der Waals surface area contributed by atoms with Crippen molar-refractivity contribution in [3.05, 3.63) is 35.2 Å². The summed E-state index contributed by atoms with van der Waals surface area (Å²) < 4.78 is 3.00. The van der Waals surface area contributed by atoms with E-state index in [9.17, 15) is 0 Å². The molecule has 3 rings (SSSR count). The number of fused-ring (bicyclic) bond motifs is 3. The quantitative estimate of drug-likeness (QED) is 0.717. The number of nitrogens with one attached hydrogen (secondary N) is 1. The van der Waals surface area contributed by atoms with E-state index in [4.69, 9.17) is 12.2 Å². The summed E-state index contributed by atoms with van der Waals surface area (Å²) in [5, 5.41) is 1.16. The molecular weight excluding hydrogens is 266 g/mol. The van der Waals surface area contributed by atoms with Crippen molar-refractivity contribution in [1.29, 1.82) is 0 Å². The molecular formula is C16H19N3S. The van der Waals surface area contributed by atoms with Gasteiger partial charge in [-0.3, -0.25) is 4.98 Å². The number of pyridine rings is 1. The van der Waals surface area contributed by atoms with Crippen molar-refractivity contribution in [3.8, 4) is 0 Å². The number of aromatic nitrogens is 3. The van der Waals surface area contributed by atoms with E-state index in [1.807, 2.05) is 18.3 Å². The number of benzene rings is 1. The van der Waals surface area contributed by atoms with Crippen LogP contribution in [0.4, 0.5) is 0 Å². The highest BCUT2D eigenvalue weighted by molar-refractivity contribution is 7.71. The number of imidazole rings is 1. The summed E-state index contributed by atoms with van der Waals surface area (Å²) in [6, 6.07) is 8.23. The minimum Gasteiger partial charge on any atom is -0.329 e. The van der Waals surface area contributed by atoms with Gasteiger partial charge in [-0.1, -0.05) is 39.0 Å². The summed E-state index contributed by atoms with van der Waals surface area (Å²) in [5.74, 6) is 1.21. The Balaban J connectivity index is 2.27. The summed E-state index contributed by atoms with van der Waals surface area (Å²) in [6.07, 6.45) is 1.88. The molecule has 0 radical (unpaired) electrons. The molecule has 2 aromatic heterocycles. The predicted molar refractivity (Wildman–Crippen MR) is 86.4 cm³/mol. The first-order chi connectivity index (χ1) is 9.58. The van der Waals surface area contributed by atoms with E-state index in [2.05, 4.69) is 47.4 Å². The highest BCUT2D eigenvalue weighted by Gasteiger charge is 2.13. The molecule has 1 aromatic carbocycles. The van der Waals surface area contributed by atoms with Gasteiger partial charge in [-0.25, -0.2) is 0 Å². The van der Waals surface area contributed by atoms with Gasteiger partial charge in [-0.2, -0.15) is 0 Å². The lowest BCUT2D eigenvalue weighted by Crippen LogP contribution is -2.13. The second-order valence-electron chi connectivity index (χ2n) is 5.80. The van der Waals surface area contributed by atoms with Crippen LogP contribution in [0.1, 0.15) is 20.8 Å². The third kappa shape index (κ3) is 2.14. The molecule has 1 unspecified atom stereocenters. The SMILES string of the molecule is CC(C)C(C)Cn1c(=S)[nH]c2cnc3ccccc3c21. The molecule has 0 aliphatic rings. The van der Waals surface area contributed by atoms with Crippen LogP contribution in [0.2, 0.25) is 0 Å². The Hall–Kier alpha value is -1.68. The average molecular weight is 285 g/mol. The molecule has 4 heteroatoms. The normalized spacial score (nSPS) is 13.4. The molecule has 0 aliphatic carbocycles. The van der Waals surface area contributed by atoms with E-state index in [0.29, 0.717) is 11.8 Å². The van der Waals surface area contributed by atoms with Gasteiger partial charge in [-0.15, -0.1) is 0 Å². The lowest BCUT2D eigenvalue weighted by Gasteiger charge is -2.17. The van der Waals surface area contributed by atoms with Gasteiger partial charge in [0.1, 0.15) is 0 Å². The first kappa shape index (κ1) is 13.3. The van der Waals surface area contributed by atoms with Gasteiger partial charge < -0.3 is 9.55 Å². The Kier molecular flexibility index (Phi) is 3.34. The van der Waals surface area contributed by atoms with Crippen LogP contribution in [0.15, 0.2) is 30.5 Å². The lowest BCUT2D eigenvalue weighted by atomic mass is 9.98. The summed E-state index contributed by atoms with van der Waals surface area (Å²) in [7, 11) is 0. The second-order valence-corrected chi connectivity index (χ2v) is 6.19. The zero-order valence-corrected chi connectivity index (χ0v) is 12.9. The van der Waals surface area contributed by atoms with Gasteiger partial charge in [0.2, 0.25) is 0 Å². The first-order valence-corrected chi connectivity index (χ1v) is 7.45. The molecule has 0 aliphatic heterocycles. The number of para-hydroxylation sites is 1. The lowest BCUT2D eigenvalue weighted by molar-refractivity contribution is 0.367. The van der Waals surface area contributed by atoms with Gasteiger partial charge in [0, 0.05) is 11.9 Å². The summed E-state index contributed by atoms with van der Waals surface area (Å²) in [5.41, 5.74) is 3.21. The zero-order valence-electron chi connectivity index (χ0n) is 12.1. The van der Waals surface area contributed by atoms with E-state index in [0.717, 1.165) is 27.7 Å². The Bertz CT molecular complexity index is 813. The summed E-state index contributed by atoms with van der Waals surface area (Å²) in [6.45, 7) is 7.71. The minimum absolute atomic E-state index is 0.577. The Morgan fingerprint density at radius 1 is 1.25 bits per heavy atom. The third-order valence-electron chi connectivity index (χ3n) is 4.11. The Morgan fingerprint density at radius 2 is 2.00 bits per heavy atom. The second kappa shape index (κ2) is 5.02. The van der Waals surface area contributed by atoms with E-state index in [-0.39, 0.29) is 0 Å². The van der Waals surface area contributed by atoms with Crippen LogP contribution in [0.25, 0.3) is 21.9 Å². The smallest absolute Gasteiger partial charge is 0.178 e. The number of aromatic amines is 1. The van der Waals surface area contributed by atoms with Gasteiger partial charge in [-0.05, 0) is 30.1 Å². The Morgan fingerprint density at radius 3 is 2.75 bits per heavy atom. The van der Waals surface area contributed by atoms with E-state index < -0.39 is 0 Å². The van der Waals surface area contributed by atoms with Crippen LogP contribution in [0, 0.1) is 16.6 Å². The standard InChI is InChI=1S/C16H19N3S/c1-10(2)11(3)9-19-15-12-6-4-5-7-13(12)17-8-14(15)18-16(19)20/h4-8,10-11H,9H2,1-3H3,(H,18,20). The molecule has 0 amide bonds. The Labute approximate surface area is 123 Å². The number of rotatable bonds is 3. The van der Waals surface area contributed by atoms with Crippen molar-refractivity contribution in [2.75, 3.05) is 0 Å². The van der Waals surface area contributed by atoms with Crippen molar-refractivity contribution in [3.63, 3.8) is 0 Å². The van der Waals surface area contributed by atoms with Crippen LogP contribution >= 0.6 is 12.2 Å². The van der Waals surface area contributed by atoms with Gasteiger partial charge in [0.25, 0.3) is 0 Å². The van der Waals surface area contributed by atoms with Crippen molar-refractivity contribution in [1.82, 2.24) is 14.5 Å². The topological polar surface area (TPSA) is 33.6 Å². The number of H-pyrrole nitrogens is 1. The van der Waals surface area contributed by atoms with E-state index in [1.54, 1.807) is 0 Å². The maximum absolute atomic E-state index is 5.50. The molecule has 0 bridgehead atoms. The fourth-order valence-corrected chi connectivity index (χ4v) is 2.74. The van der Waals surface area contributed by atoms with Crippen molar-refractivity contribution < 1.29 is 0 Å². The van der Waals surface area contributed by atoms with Gasteiger partial charge >= 0.3 is 0 Å². The largest absolute Gasteiger partial charge is 0.329 e. The molecule has 0 saturated carbocycles. The van der Waals surface area contributed by atoms with Gasteiger partial charge in [0.15, 0.2) is 4.77 Å². The van der Waals surface area contributed by atoms with Crippen molar-refractivity contribution in [2.24, 2.45) is 11.8 Å². The van der Waals surface area contributed by atoms with Crippen LogP contribution in [0.3, 0.4) is 0 Å². The molecule has 0 saturated heterocycles. The number of hydrogen-bond donors (Lipinski definition) is 1. The monoisotopic (exact) mass is 285 g/mol. The van der Waals surface area contributed by atoms with Crippen LogP contribution in [0.5, 0.6) is 0 Å². The molecule has 0 spiro atoms. The predicted octanol–water partition coefficient (Wildman–Crippen LogP) is 4.54. The first-order valence-electron chi connectivity index (χ1n) is 7.04. The molecule has 3 nitrogen and oxygen atoms in total. The third-order valence-corrected chi connectivity index (χ3v) is 4.43. The van der Waals surface area contributed by atoms with Crippen LogP contribution < -0.4 is 0 Å². The fraction of sp³-hybridized carbons (Fsp3) is 0.375. The molecule has 1 atom stereocenters. The molecule has 1 N–H and O–H groups in total. The summed E-state index contributed by atoms with van der Waals surface area (Å²) in [4.78, 5) is 7.77. The maximum atomic E-state index is 5.50. The fourth-order valence-electron chi connectivity index (χ4n) is 2.47. The van der Waals surface area contributed by atoms with Crippen molar-refractivity contribution >= 4 is 34.2 Å². The molecule has 104 valence electrons. The van der Waals surface area contributed by atoms with Crippen molar-refractivity contribution in [2.45, 2.75) is 27.3 Å². The summed E-state index contributed by atoms with van der Waals surface area (Å²) >= 11 is 5.50. The maximum Gasteiger partial charge on any atom is 0.178 e. The average Bonchev–Trinajstić information content (AvgIpc) is 2.75. The molecule has 2 heterocycles. The zero-order chi connectivity index (χ0) is 14.3. The minimum atomic E-state index is 0.577. The molecule has 3 aromatic rings. The molecule has 20 heavy (non-hydrogen) atoms. The van der Waals surface area contributed by atoms with Crippen LogP contribution in [-0.2, 0) is 6.54 Å². The molecule has 0 fully saturated rings. The highest BCUT2D eigenvalue weighted by atomic mass is 32.1. The highest BCUT2D eigenvalue weighted by Crippen LogP contribution is 2.25. The number of hydrogen-bond acceptors (Lipinski definition) is 2. The number of nitrogens with zero attached hydrogens (tertiary/aromatic N) is 2.